The van der Waals surface area contributed by atoms with Crippen LogP contribution in [-0.2, 0) is 0 Å². The number of aromatic nitrogens is 4. The number of primary amides is 1. The van der Waals surface area contributed by atoms with E-state index in [1.807, 2.05) is 0 Å². The number of amides is 1. The van der Waals surface area contributed by atoms with Crippen molar-refractivity contribution >= 4 is 6.03 Å². The normalized spacial score (nSPS) is 10.3. The van der Waals surface area contributed by atoms with Gasteiger partial charge in [0.1, 0.15) is 11.4 Å². The summed E-state index contributed by atoms with van der Waals surface area (Å²) in [5.41, 5.74) is 6.23. The number of hydrogen-bond donors (Lipinski definition) is 1. The van der Waals surface area contributed by atoms with E-state index in [2.05, 4.69) is 15.4 Å². The number of hydrogen-bond acceptors (Lipinski definition) is 4. The first-order valence-corrected chi connectivity index (χ1v) is 3.24. The Balaban J connectivity index is 2.62. The van der Waals surface area contributed by atoms with E-state index < -0.39 is 6.03 Å². The van der Waals surface area contributed by atoms with Crippen molar-refractivity contribution < 1.29 is 4.79 Å². The zero-order chi connectivity index (χ0) is 8.55. The summed E-state index contributed by atoms with van der Waals surface area (Å²) in [4.78, 5) is 10.7. The van der Waals surface area contributed by atoms with Gasteiger partial charge in [-0.25, -0.2) is 4.79 Å². The highest BCUT2D eigenvalue weighted by Gasteiger charge is 2.07. The molecule has 0 aromatic carbocycles. The first-order valence-electron chi connectivity index (χ1n) is 3.24. The topological polar surface area (TPSA) is 86.7 Å². The lowest BCUT2D eigenvalue weighted by atomic mass is 10.3. The Morgan fingerprint density at radius 1 is 1.42 bits per heavy atom. The molecule has 60 valence electrons. The number of fused-ring (bicyclic) bond motifs is 1. The van der Waals surface area contributed by atoms with Crippen LogP contribution >= 0.6 is 0 Å². The van der Waals surface area contributed by atoms with E-state index in [1.54, 1.807) is 6.07 Å². The maximum atomic E-state index is 10.7. The maximum Gasteiger partial charge on any atom is 0.322 e. The summed E-state index contributed by atoms with van der Waals surface area (Å²) < 4.78 is 1.22. The molecule has 0 atom stereocenters. The summed E-state index contributed by atoms with van der Waals surface area (Å²) in [6.07, 6.45) is 3.00. The van der Waals surface area contributed by atoms with Gasteiger partial charge >= 0.3 is 6.03 Å². The predicted octanol–water partition coefficient (Wildman–Crippen LogP) is -0.295. The lowest BCUT2D eigenvalue weighted by Gasteiger charge is -2.00. The lowest BCUT2D eigenvalue weighted by Crippen LogP contribution is -2.19. The quantitative estimate of drug-likeness (QED) is 0.577. The van der Waals surface area contributed by atoms with Crippen LogP contribution in [0.15, 0.2) is 18.5 Å². The second-order valence-electron chi connectivity index (χ2n) is 2.25. The van der Waals surface area contributed by atoms with Gasteiger partial charge in [0.15, 0.2) is 0 Å². The summed E-state index contributed by atoms with van der Waals surface area (Å²) >= 11 is 0. The summed E-state index contributed by atoms with van der Waals surface area (Å²) in [5.74, 6) is 0. The Hall–Kier alpha value is -1.98. The van der Waals surface area contributed by atoms with E-state index in [1.165, 1.54) is 17.0 Å². The van der Waals surface area contributed by atoms with Crippen LogP contribution in [0, 0.1) is 0 Å². The molecule has 0 aromatic rings. The van der Waals surface area contributed by atoms with Crippen LogP contribution < -0.4 is 5.73 Å². The molecule has 0 bridgehead atoms. The van der Waals surface area contributed by atoms with Crippen LogP contribution in [0.3, 0.4) is 0 Å². The van der Waals surface area contributed by atoms with E-state index >= 15 is 0 Å². The summed E-state index contributed by atoms with van der Waals surface area (Å²) in [7, 11) is 0. The van der Waals surface area contributed by atoms with Crippen LogP contribution in [-0.4, -0.2) is 26.0 Å². The third-order valence-corrected chi connectivity index (χ3v) is 1.48. The second kappa shape index (κ2) is 2.26. The van der Waals surface area contributed by atoms with Crippen molar-refractivity contribution in [3.8, 4) is 11.4 Å². The zero-order valence-electron chi connectivity index (χ0n) is 6.01. The van der Waals surface area contributed by atoms with Gasteiger partial charge in [-0.1, -0.05) is 0 Å². The Morgan fingerprint density at radius 3 is 2.92 bits per heavy atom. The van der Waals surface area contributed by atoms with Crippen LogP contribution in [0.1, 0.15) is 0 Å². The Bertz CT molecular complexity index is 395. The van der Waals surface area contributed by atoms with Crippen LogP contribution in [0.25, 0.3) is 11.4 Å². The van der Waals surface area contributed by atoms with Gasteiger partial charge in [0.05, 0.1) is 0 Å². The maximum absolute atomic E-state index is 10.7. The van der Waals surface area contributed by atoms with Crippen LogP contribution in [0.2, 0.25) is 0 Å². The SMILES string of the molecule is NC(=O)n1ccc2nnnc-2c1. The number of pyridine rings is 1. The molecule has 6 nitrogen and oxygen atoms in total. The molecule has 0 saturated heterocycles. The number of nitrogens with zero attached hydrogens (tertiary/aromatic N) is 4. The van der Waals surface area contributed by atoms with E-state index in [-0.39, 0.29) is 0 Å². The fraction of sp³-hybridized carbons (Fsp3) is 0. The van der Waals surface area contributed by atoms with Gasteiger partial charge < -0.3 is 5.73 Å². The molecule has 0 fully saturated rings. The van der Waals surface area contributed by atoms with Crippen LogP contribution in [0.5, 0.6) is 0 Å². The van der Waals surface area contributed by atoms with Gasteiger partial charge in [0, 0.05) is 12.4 Å². The molecule has 0 saturated carbocycles. The Morgan fingerprint density at radius 2 is 2.17 bits per heavy atom. The molecule has 0 spiro atoms. The molecule has 2 aliphatic rings. The van der Waals surface area contributed by atoms with Crippen molar-refractivity contribution in [3.63, 3.8) is 0 Å². The van der Waals surface area contributed by atoms with Gasteiger partial charge in [0.2, 0.25) is 0 Å². The van der Waals surface area contributed by atoms with Crippen molar-refractivity contribution in [1.82, 2.24) is 20.0 Å². The number of nitrogens with two attached hydrogens (primary N) is 1. The van der Waals surface area contributed by atoms with Gasteiger partial charge in [-0.05, 0) is 11.3 Å². The molecule has 2 aliphatic heterocycles. The molecule has 1 amide bonds. The minimum Gasteiger partial charge on any atom is -0.351 e. The Kier molecular flexibility index (Phi) is 1.26. The second-order valence-corrected chi connectivity index (χ2v) is 2.25. The minimum absolute atomic E-state index is 0.552. The molecular formula is C6H5N5O. The van der Waals surface area contributed by atoms with E-state index in [4.69, 9.17) is 5.73 Å². The average molecular weight is 163 g/mol. The van der Waals surface area contributed by atoms with Gasteiger partial charge in [0.25, 0.3) is 0 Å². The summed E-state index contributed by atoms with van der Waals surface area (Å²) in [5, 5.41) is 10.8. The monoisotopic (exact) mass is 163 g/mol. The summed E-state index contributed by atoms with van der Waals surface area (Å²) in [6, 6.07) is 1.07. The highest BCUT2D eigenvalue weighted by atomic mass is 16.2. The highest BCUT2D eigenvalue weighted by Crippen LogP contribution is 2.12. The van der Waals surface area contributed by atoms with Gasteiger partial charge in [-0.2, -0.15) is 0 Å². The molecule has 2 heterocycles. The zero-order valence-corrected chi connectivity index (χ0v) is 6.01. The van der Waals surface area contributed by atoms with Gasteiger partial charge in [-0.3, -0.25) is 4.57 Å². The molecule has 0 aliphatic carbocycles. The average Bonchev–Trinajstić information content (AvgIpc) is 2.49. The van der Waals surface area contributed by atoms with E-state index in [0.29, 0.717) is 11.4 Å². The molecular weight excluding hydrogens is 158 g/mol. The fourth-order valence-corrected chi connectivity index (χ4v) is 0.895. The molecule has 0 aromatic heterocycles. The van der Waals surface area contributed by atoms with Gasteiger partial charge in [-0.15, -0.1) is 10.2 Å². The smallest absolute Gasteiger partial charge is 0.322 e. The van der Waals surface area contributed by atoms with Crippen LogP contribution in [0.4, 0.5) is 4.79 Å². The molecule has 2 N–H and O–H groups in total. The van der Waals surface area contributed by atoms with Crippen molar-refractivity contribution in [1.29, 1.82) is 0 Å². The lowest BCUT2D eigenvalue weighted by molar-refractivity contribution is 0.250. The molecule has 0 radical (unpaired) electrons. The van der Waals surface area contributed by atoms with Crippen molar-refractivity contribution in [2.45, 2.75) is 0 Å². The highest BCUT2D eigenvalue weighted by molar-refractivity contribution is 5.76. The largest absolute Gasteiger partial charge is 0.351 e. The molecule has 12 heavy (non-hydrogen) atoms. The predicted molar refractivity (Wildman–Crippen MR) is 39.4 cm³/mol. The third-order valence-electron chi connectivity index (χ3n) is 1.48. The number of carbonyl (C=O) groups excluding carboxylic acids is 1. The summed E-state index contributed by atoms with van der Waals surface area (Å²) in [6.45, 7) is 0. The Labute approximate surface area is 67.3 Å². The van der Waals surface area contributed by atoms with E-state index in [9.17, 15) is 4.79 Å². The molecule has 0 unspecified atom stereocenters. The van der Waals surface area contributed by atoms with Crippen molar-refractivity contribution in [2.75, 3.05) is 0 Å². The van der Waals surface area contributed by atoms with Crippen molar-refractivity contribution in [3.05, 3.63) is 18.5 Å². The number of rotatable bonds is 0. The third kappa shape index (κ3) is 0.895. The van der Waals surface area contributed by atoms with Crippen molar-refractivity contribution in [2.24, 2.45) is 5.73 Å². The minimum atomic E-state index is -0.556. The first kappa shape index (κ1) is 6.71. The molecule has 6 heteroatoms. The molecule has 2 rings (SSSR count). The standard InChI is InChI=1S/C6H5N5O/c7-6(12)11-2-1-4-5(3-11)9-10-8-4/h1-3H,(H2,7,12). The first-order chi connectivity index (χ1) is 5.77. The van der Waals surface area contributed by atoms with E-state index in [0.717, 1.165) is 0 Å². The fourth-order valence-electron chi connectivity index (χ4n) is 0.895. The number of carbonyl (C=O) groups is 1.